The number of hydrogen-bond donors (Lipinski definition) is 0. The Hall–Kier alpha value is -3.51. The van der Waals surface area contributed by atoms with Crippen LogP contribution in [-0.4, -0.2) is 26.6 Å². The predicted molar refractivity (Wildman–Crippen MR) is 106 cm³/mol. The number of aryl methyl sites for hydroxylation is 1. The number of aromatic nitrogens is 3. The van der Waals surface area contributed by atoms with Gasteiger partial charge in [0.2, 0.25) is 0 Å². The van der Waals surface area contributed by atoms with Crippen LogP contribution in [0.25, 0.3) is 16.7 Å². The number of pyridine rings is 1. The monoisotopic (exact) mass is 388 g/mol. The number of fused-ring (bicyclic) bond motifs is 3. The fourth-order valence-corrected chi connectivity index (χ4v) is 3.74. The Balaban J connectivity index is 1.73. The largest absolute Gasteiger partial charge is 0.268 e. The van der Waals surface area contributed by atoms with E-state index < -0.39 is 11.8 Å². The highest BCUT2D eigenvalue weighted by molar-refractivity contribution is 6.38. The van der Waals surface area contributed by atoms with Crippen LogP contribution in [-0.2, 0) is 0 Å². The van der Waals surface area contributed by atoms with Crippen LogP contribution >= 0.6 is 11.6 Å². The van der Waals surface area contributed by atoms with Gasteiger partial charge in [0.1, 0.15) is 0 Å². The van der Waals surface area contributed by atoms with Crippen molar-refractivity contribution in [3.05, 3.63) is 82.6 Å². The van der Waals surface area contributed by atoms with E-state index in [0.29, 0.717) is 33.0 Å². The first-order chi connectivity index (χ1) is 13.6. The highest BCUT2D eigenvalue weighted by Crippen LogP contribution is 2.35. The number of carbonyl (C=O) groups excluding carboxylic acids is 2. The maximum absolute atomic E-state index is 13.2. The van der Waals surface area contributed by atoms with Gasteiger partial charge < -0.3 is 0 Å². The standard InChI is InChI=1S/C21H13ClN4O2/c1-12-17-18-16(11-23-19(17)26(24-12)14-7-3-2-4-8-14)20(27)25(21(18)28)15-9-5-6-13(22)10-15/h2-11H,1H3. The Morgan fingerprint density at radius 3 is 2.43 bits per heavy atom. The van der Waals surface area contributed by atoms with Crippen molar-refractivity contribution in [1.29, 1.82) is 0 Å². The Labute approximate surface area is 165 Å². The van der Waals surface area contributed by atoms with E-state index in [9.17, 15) is 9.59 Å². The molecule has 28 heavy (non-hydrogen) atoms. The summed E-state index contributed by atoms with van der Waals surface area (Å²) in [7, 11) is 0. The van der Waals surface area contributed by atoms with Gasteiger partial charge in [0, 0.05) is 11.2 Å². The van der Waals surface area contributed by atoms with E-state index >= 15 is 0 Å². The average molecular weight is 389 g/mol. The summed E-state index contributed by atoms with van der Waals surface area (Å²) in [4.78, 5) is 31.8. The summed E-state index contributed by atoms with van der Waals surface area (Å²) in [6.07, 6.45) is 1.45. The van der Waals surface area contributed by atoms with E-state index in [2.05, 4.69) is 10.1 Å². The van der Waals surface area contributed by atoms with Gasteiger partial charge in [-0.05, 0) is 37.3 Å². The molecule has 0 aliphatic carbocycles. The predicted octanol–water partition coefficient (Wildman–Crippen LogP) is 4.18. The van der Waals surface area contributed by atoms with E-state index in [-0.39, 0.29) is 5.56 Å². The third-order valence-electron chi connectivity index (χ3n) is 4.79. The first-order valence-electron chi connectivity index (χ1n) is 8.64. The fraction of sp³-hybridized carbons (Fsp3) is 0.0476. The summed E-state index contributed by atoms with van der Waals surface area (Å²) < 4.78 is 1.69. The molecule has 1 aliphatic heterocycles. The number of rotatable bonds is 2. The minimum absolute atomic E-state index is 0.271. The van der Waals surface area contributed by atoms with Gasteiger partial charge in [-0.2, -0.15) is 5.10 Å². The second-order valence-corrected chi connectivity index (χ2v) is 6.94. The summed E-state index contributed by atoms with van der Waals surface area (Å²) in [5, 5.41) is 5.60. The lowest BCUT2D eigenvalue weighted by molar-refractivity contribution is 0.0926. The van der Waals surface area contributed by atoms with Crippen molar-refractivity contribution in [2.24, 2.45) is 0 Å². The molecule has 136 valence electrons. The number of carbonyl (C=O) groups is 2. The van der Waals surface area contributed by atoms with Crippen LogP contribution in [0, 0.1) is 6.92 Å². The molecule has 0 bridgehead atoms. The van der Waals surface area contributed by atoms with Gasteiger partial charge in [-0.15, -0.1) is 0 Å². The van der Waals surface area contributed by atoms with Gasteiger partial charge in [-0.25, -0.2) is 14.6 Å². The zero-order valence-corrected chi connectivity index (χ0v) is 15.5. The molecule has 0 spiro atoms. The number of benzene rings is 2. The van der Waals surface area contributed by atoms with Crippen LogP contribution in [0.4, 0.5) is 5.69 Å². The molecule has 0 atom stereocenters. The Morgan fingerprint density at radius 2 is 1.68 bits per heavy atom. The molecule has 3 heterocycles. The third-order valence-corrected chi connectivity index (χ3v) is 5.02. The van der Waals surface area contributed by atoms with Crippen LogP contribution in [0.1, 0.15) is 26.4 Å². The van der Waals surface area contributed by atoms with E-state index in [1.165, 1.54) is 6.20 Å². The lowest BCUT2D eigenvalue weighted by atomic mass is 10.1. The number of para-hydroxylation sites is 1. The van der Waals surface area contributed by atoms with Crippen molar-refractivity contribution in [2.75, 3.05) is 4.90 Å². The van der Waals surface area contributed by atoms with E-state index in [1.54, 1.807) is 28.9 Å². The molecule has 6 nitrogen and oxygen atoms in total. The van der Waals surface area contributed by atoms with E-state index in [1.807, 2.05) is 37.3 Å². The summed E-state index contributed by atoms with van der Waals surface area (Å²) in [5.74, 6) is -0.811. The summed E-state index contributed by atoms with van der Waals surface area (Å²) in [6.45, 7) is 1.81. The lowest BCUT2D eigenvalue weighted by Crippen LogP contribution is -2.29. The fourth-order valence-electron chi connectivity index (χ4n) is 3.56. The Kier molecular flexibility index (Phi) is 3.57. The van der Waals surface area contributed by atoms with Gasteiger partial charge in [0.15, 0.2) is 5.65 Å². The molecule has 4 aromatic rings. The number of halogens is 1. The molecule has 0 radical (unpaired) electrons. The smallest absolute Gasteiger partial charge is 0.267 e. The normalized spacial score (nSPS) is 13.4. The molecule has 0 saturated carbocycles. The van der Waals surface area contributed by atoms with Gasteiger partial charge in [-0.1, -0.05) is 35.9 Å². The zero-order chi connectivity index (χ0) is 19.4. The summed E-state index contributed by atoms with van der Waals surface area (Å²) in [6, 6.07) is 16.2. The first-order valence-corrected chi connectivity index (χ1v) is 9.02. The lowest BCUT2D eigenvalue weighted by Gasteiger charge is -2.13. The van der Waals surface area contributed by atoms with Crippen LogP contribution in [0.3, 0.4) is 0 Å². The second kappa shape index (κ2) is 6.00. The van der Waals surface area contributed by atoms with Crippen molar-refractivity contribution in [3.8, 4) is 5.69 Å². The van der Waals surface area contributed by atoms with Gasteiger partial charge in [-0.3, -0.25) is 9.59 Å². The SMILES string of the molecule is Cc1nn(-c2ccccc2)c2ncc3c(c12)C(=O)N(c1cccc(Cl)c1)C3=O. The van der Waals surface area contributed by atoms with Crippen LogP contribution < -0.4 is 4.90 Å². The molecular weight excluding hydrogens is 376 g/mol. The number of nitrogens with zero attached hydrogens (tertiary/aromatic N) is 4. The quantitative estimate of drug-likeness (QED) is 0.483. The number of anilines is 1. The molecule has 5 rings (SSSR count). The molecule has 2 amide bonds. The molecule has 1 aliphatic rings. The molecule has 2 aromatic heterocycles. The van der Waals surface area contributed by atoms with Crippen molar-refractivity contribution in [2.45, 2.75) is 6.92 Å². The van der Waals surface area contributed by atoms with Crippen LogP contribution in [0.15, 0.2) is 60.8 Å². The highest BCUT2D eigenvalue weighted by atomic mass is 35.5. The molecule has 0 N–H and O–H groups in total. The average Bonchev–Trinajstić information content (AvgIpc) is 3.17. The second-order valence-electron chi connectivity index (χ2n) is 6.50. The molecule has 2 aromatic carbocycles. The highest BCUT2D eigenvalue weighted by Gasteiger charge is 2.40. The zero-order valence-electron chi connectivity index (χ0n) is 14.8. The Morgan fingerprint density at radius 1 is 0.929 bits per heavy atom. The molecule has 0 fully saturated rings. The van der Waals surface area contributed by atoms with E-state index in [4.69, 9.17) is 11.6 Å². The number of hydrogen-bond acceptors (Lipinski definition) is 4. The third kappa shape index (κ3) is 2.28. The van der Waals surface area contributed by atoms with Crippen LogP contribution in [0.5, 0.6) is 0 Å². The maximum atomic E-state index is 13.2. The molecule has 7 heteroatoms. The molecule has 0 saturated heterocycles. The summed E-state index contributed by atoms with van der Waals surface area (Å²) >= 11 is 6.05. The van der Waals surface area contributed by atoms with Crippen molar-refractivity contribution in [1.82, 2.24) is 14.8 Å². The van der Waals surface area contributed by atoms with Crippen molar-refractivity contribution >= 4 is 40.1 Å². The van der Waals surface area contributed by atoms with Gasteiger partial charge in [0.05, 0.1) is 33.6 Å². The number of amides is 2. The molecular formula is C21H13ClN4O2. The van der Waals surface area contributed by atoms with Crippen LogP contribution in [0.2, 0.25) is 5.02 Å². The topological polar surface area (TPSA) is 68.1 Å². The summed E-state index contributed by atoms with van der Waals surface area (Å²) in [5.41, 5.74) is 3.04. The molecule has 0 unspecified atom stereocenters. The van der Waals surface area contributed by atoms with Crippen molar-refractivity contribution in [3.63, 3.8) is 0 Å². The van der Waals surface area contributed by atoms with E-state index in [0.717, 1.165) is 10.6 Å². The number of imide groups is 1. The van der Waals surface area contributed by atoms with Crippen molar-refractivity contribution < 1.29 is 9.59 Å². The maximum Gasteiger partial charge on any atom is 0.267 e. The van der Waals surface area contributed by atoms with Gasteiger partial charge in [0.25, 0.3) is 11.8 Å². The van der Waals surface area contributed by atoms with Gasteiger partial charge >= 0.3 is 0 Å². The Bertz CT molecular complexity index is 1280. The minimum atomic E-state index is -0.413. The first kappa shape index (κ1) is 16.6. The minimum Gasteiger partial charge on any atom is -0.268 e.